The average molecular weight is 168 g/mol. The molecule has 1 N–H and O–H groups in total. The van der Waals surface area contributed by atoms with Crippen molar-refractivity contribution in [2.75, 3.05) is 12.4 Å². The maximum absolute atomic E-state index is 8.72. The minimum absolute atomic E-state index is 0.480. The van der Waals surface area contributed by atoms with E-state index >= 15 is 0 Å². The molecule has 1 aromatic rings. The Bertz CT molecular complexity index is 377. The van der Waals surface area contributed by atoms with Crippen LogP contribution in [0.4, 0.5) is 5.69 Å². The predicted molar refractivity (Wildman–Crippen MR) is 56.2 cm³/mol. The van der Waals surface area contributed by atoms with Crippen molar-refractivity contribution in [2.24, 2.45) is 0 Å². The highest BCUT2D eigenvalue weighted by atomic mass is 14.8. The second-order valence-corrected chi connectivity index (χ2v) is 2.59. The third kappa shape index (κ3) is 1.73. The van der Waals surface area contributed by atoms with Gasteiger partial charge in [-0.1, -0.05) is 18.1 Å². The van der Waals surface area contributed by atoms with E-state index in [1.807, 2.05) is 6.07 Å². The van der Waals surface area contributed by atoms with E-state index in [9.17, 15) is 0 Å². The minimum atomic E-state index is 0.480. The zero-order valence-corrected chi connectivity index (χ0v) is 7.46. The molecule has 0 atom stereocenters. The molecule has 2 radical (unpaired) electrons. The Morgan fingerprint density at radius 2 is 2.31 bits per heavy atom. The van der Waals surface area contributed by atoms with E-state index in [1.165, 1.54) is 0 Å². The molecular formula is C10H9BN2. The van der Waals surface area contributed by atoms with E-state index in [0.29, 0.717) is 11.0 Å². The van der Waals surface area contributed by atoms with Crippen molar-refractivity contribution in [1.29, 1.82) is 5.26 Å². The van der Waals surface area contributed by atoms with Crippen LogP contribution in [0.5, 0.6) is 0 Å². The summed E-state index contributed by atoms with van der Waals surface area (Å²) >= 11 is 0. The number of nitrogens with one attached hydrogen (secondary N) is 1. The molecular weight excluding hydrogens is 159 g/mol. The highest BCUT2D eigenvalue weighted by Gasteiger charge is 2.02. The molecule has 2 nitrogen and oxygen atoms in total. The van der Waals surface area contributed by atoms with Crippen LogP contribution in [0, 0.1) is 11.3 Å². The molecule has 0 aliphatic carbocycles. The quantitative estimate of drug-likeness (QED) is 0.669. The second-order valence-electron chi connectivity index (χ2n) is 2.59. The first-order chi connectivity index (χ1) is 6.22. The Morgan fingerprint density at radius 1 is 1.62 bits per heavy atom. The summed E-state index contributed by atoms with van der Waals surface area (Å²) in [6.45, 7) is 3.65. The molecule has 1 aromatic carbocycles. The Labute approximate surface area is 79.3 Å². The molecule has 0 saturated carbocycles. The summed E-state index contributed by atoms with van der Waals surface area (Å²) in [6, 6.07) is 5.47. The fraction of sp³-hybridized carbons (Fsp3) is 0.100. The van der Waals surface area contributed by atoms with Crippen molar-refractivity contribution in [3.63, 3.8) is 0 Å². The molecule has 0 aromatic heterocycles. The average Bonchev–Trinajstić information content (AvgIpc) is 2.17. The van der Waals surface area contributed by atoms with E-state index in [0.717, 1.165) is 11.3 Å². The summed E-state index contributed by atoms with van der Waals surface area (Å²) in [6.07, 6.45) is 1.69. The third-order valence-electron chi connectivity index (χ3n) is 1.83. The highest BCUT2D eigenvalue weighted by Crippen LogP contribution is 2.15. The first-order valence-corrected chi connectivity index (χ1v) is 3.86. The SMILES string of the molecule is [B]c1cc(NC)c(C=C)cc1C#N. The van der Waals surface area contributed by atoms with E-state index in [1.54, 1.807) is 25.3 Å². The van der Waals surface area contributed by atoms with Gasteiger partial charge in [0.05, 0.1) is 6.07 Å². The normalized spacial score (nSPS) is 8.92. The lowest BCUT2D eigenvalue weighted by Crippen LogP contribution is -2.10. The van der Waals surface area contributed by atoms with E-state index < -0.39 is 0 Å². The standard InChI is InChI=1S/C10H9BN2/c1-3-7-4-8(6-12)9(11)5-10(7)13-2/h3-5,13H,1H2,2H3. The predicted octanol–water partition coefficient (Wildman–Crippen LogP) is 1.04. The highest BCUT2D eigenvalue weighted by molar-refractivity contribution is 6.34. The van der Waals surface area contributed by atoms with Crippen molar-refractivity contribution in [3.8, 4) is 6.07 Å². The first-order valence-electron chi connectivity index (χ1n) is 3.86. The summed E-state index contributed by atoms with van der Waals surface area (Å²) in [5.41, 5.74) is 2.73. The number of rotatable bonds is 2. The van der Waals surface area contributed by atoms with Gasteiger partial charge in [-0.3, -0.25) is 0 Å². The number of hydrogen-bond acceptors (Lipinski definition) is 2. The molecule has 3 heteroatoms. The fourth-order valence-electron chi connectivity index (χ4n) is 1.12. The van der Waals surface area contributed by atoms with Crippen LogP contribution in [0.3, 0.4) is 0 Å². The number of nitriles is 1. The van der Waals surface area contributed by atoms with Crippen LogP contribution in [0.1, 0.15) is 11.1 Å². The van der Waals surface area contributed by atoms with Gasteiger partial charge in [0, 0.05) is 18.3 Å². The number of anilines is 1. The fourth-order valence-corrected chi connectivity index (χ4v) is 1.12. The molecule has 0 saturated heterocycles. The Morgan fingerprint density at radius 3 is 2.77 bits per heavy atom. The van der Waals surface area contributed by atoms with Crippen molar-refractivity contribution < 1.29 is 0 Å². The van der Waals surface area contributed by atoms with Crippen LogP contribution in [-0.2, 0) is 0 Å². The summed E-state index contributed by atoms with van der Waals surface area (Å²) in [5, 5.41) is 11.7. The number of benzene rings is 1. The van der Waals surface area contributed by atoms with Crippen LogP contribution in [0.2, 0.25) is 0 Å². The lowest BCUT2D eigenvalue weighted by molar-refractivity contribution is 1.47. The first kappa shape index (κ1) is 9.40. The van der Waals surface area contributed by atoms with Crippen molar-refractivity contribution in [3.05, 3.63) is 29.8 Å². The smallest absolute Gasteiger partial charge is 0.115 e. The van der Waals surface area contributed by atoms with Crippen molar-refractivity contribution >= 4 is 25.1 Å². The second kappa shape index (κ2) is 3.82. The molecule has 0 amide bonds. The molecule has 0 aliphatic heterocycles. The van der Waals surface area contributed by atoms with Crippen LogP contribution < -0.4 is 10.8 Å². The Hall–Kier alpha value is -1.69. The van der Waals surface area contributed by atoms with Crippen LogP contribution in [0.15, 0.2) is 18.7 Å². The van der Waals surface area contributed by atoms with Crippen LogP contribution >= 0.6 is 0 Å². The van der Waals surface area contributed by atoms with Gasteiger partial charge in [-0.15, -0.1) is 0 Å². The van der Waals surface area contributed by atoms with E-state index in [-0.39, 0.29) is 0 Å². The molecule has 0 spiro atoms. The number of nitrogens with zero attached hydrogens (tertiary/aromatic N) is 1. The van der Waals surface area contributed by atoms with E-state index in [4.69, 9.17) is 13.1 Å². The molecule has 0 bridgehead atoms. The van der Waals surface area contributed by atoms with E-state index in [2.05, 4.69) is 11.9 Å². The molecule has 13 heavy (non-hydrogen) atoms. The van der Waals surface area contributed by atoms with Gasteiger partial charge < -0.3 is 5.32 Å². The Balaban J connectivity index is 3.36. The zero-order chi connectivity index (χ0) is 9.84. The van der Waals surface area contributed by atoms with Gasteiger partial charge >= 0.3 is 0 Å². The number of hydrogen-bond donors (Lipinski definition) is 1. The molecule has 0 aliphatic rings. The maximum atomic E-state index is 8.72. The van der Waals surface area contributed by atoms with Gasteiger partial charge in [-0.25, -0.2) is 0 Å². The summed E-state index contributed by atoms with van der Waals surface area (Å²) in [5.74, 6) is 0. The van der Waals surface area contributed by atoms with Gasteiger partial charge in [0.15, 0.2) is 0 Å². The van der Waals surface area contributed by atoms with Crippen molar-refractivity contribution in [2.45, 2.75) is 0 Å². The largest absolute Gasteiger partial charge is 0.388 e. The summed E-state index contributed by atoms with van der Waals surface area (Å²) in [4.78, 5) is 0. The third-order valence-corrected chi connectivity index (χ3v) is 1.83. The van der Waals surface area contributed by atoms with Gasteiger partial charge in [0.25, 0.3) is 0 Å². The van der Waals surface area contributed by atoms with Crippen molar-refractivity contribution in [1.82, 2.24) is 0 Å². The van der Waals surface area contributed by atoms with Crippen LogP contribution in [0.25, 0.3) is 6.08 Å². The van der Waals surface area contributed by atoms with Gasteiger partial charge in [0.1, 0.15) is 7.85 Å². The lowest BCUT2D eigenvalue weighted by atomic mass is 9.89. The minimum Gasteiger partial charge on any atom is -0.388 e. The van der Waals surface area contributed by atoms with Gasteiger partial charge in [0.2, 0.25) is 0 Å². The molecule has 0 unspecified atom stereocenters. The zero-order valence-electron chi connectivity index (χ0n) is 7.46. The van der Waals surface area contributed by atoms with Gasteiger partial charge in [-0.2, -0.15) is 5.26 Å². The Kier molecular flexibility index (Phi) is 2.76. The van der Waals surface area contributed by atoms with Crippen LogP contribution in [-0.4, -0.2) is 14.9 Å². The molecule has 1 rings (SSSR count). The summed E-state index contributed by atoms with van der Waals surface area (Å²) < 4.78 is 0. The lowest BCUT2D eigenvalue weighted by Gasteiger charge is -2.07. The topological polar surface area (TPSA) is 35.8 Å². The molecule has 62 valence electrons. The maximum Gasteiger partial charge on any atom is 0.115 e. The monoisotopic (exact) mass is 168 g/mol. The summed E-state index contributed by atoms with van der Waals surface area (Å²) in [7, 11) is 7.43. The van der Waals surface area contributed by atoms with Gasteiger partial charge in [-0.05, 0) is 17.7 Å². The molecule has 0 heterocycles. The molecule has 0 fully saturated rings.